The fourth-order valence-corrected chi connectivity index (χ4v) is 2.58. The molecular formula is C14H18N2O2. The first-order valence-electron chi connectivity index (χ1n) is 6.61. The lowest BCUT2D eigenvalue weighted by Gasteiger charge is -2.20. The van der Waals surface area contributed by atoms with Crippen LogP contribution in [0.4, 0.5) is 0 Å². The fraction of sp³-hybridized carbons (Fsp3) is 0.500. The molecule has 1 N–H and O–H groups in total. The third-order valence-electron chi connectivity index (χ3n) is 3.51. The van der Waals surface area contributed by atoms with Crippen LogP contribution in [0.25, 0.3) is 11.0 Å². The highest BCUT2D eigenvalue weighted by atomic mass is 16.5. The zero-order valence-corrected chi connectivity index (χ0v) is 10.6. The SMILES string of the molecule is CCOc1ccc2onc(C3CCNCC3)c2c1. The van der Waals surface area contributed by atoms with E-state index in [4.69, 9.17) is 9.26 Å². The highest BCUT2D eigenvalue weighted by Crippen LogP contribution is 2.32. The van der Waals surface area contributed by atoms with Crippen molar-refractivity contribution in [1.29, 1.82) is 0 Å². The van der Waals surface area contributed by atoms with Gasteiger partial charge in [0.15, 0.2) is 5.58 Å². The standard InChI is InChI=1S/C14H18N2O2/c1-2-17-11-3-4-13-12(9-11)14(16-18-13)10-5-7-15-8-6-10/h3-4,9-10,15H,2,5-8H2,1H3. The minimum absolute atomic E-state index is 0.504. The minimum Gasteiger partial charge on any atom is -0.494 e. The van der Waals surface area contributed by atoms with Crippen LogP contribution in [0.15, 0.2) is 22.7 Å². The molecule has 0 atom stereocenters. The van der Waals surface area contributed by atoms with Crippen molar-refractivity contribution in [3.8, 4) is 5.75 Å². The second-order valence-corrected chi connectivity index (χ2v) is 4.68. The number of benzene rings is 1. The summed E-state index contributed by atoms with van der Waals surface area (Å²) in [5.41, 5.74) is 1.94. The molecule has 1 saturated heterocycles. The number of fused-ring (bicyclic) bond motifs is 1. The number of nitrogens with zero attached hydrogens (tertiary/aromatic N) is 1. The van der Waals surface area contributed by atoms with E-state index < -0.39 is 0 Å². The fourth-order valence-electron chi connectivity index (χ4n) is 2.58. The number of piperidine rings is 1. The third-order valence-corrected chi connectivity index (χ3v) is 3.51. The van der Waals surface area contributed by atoms with Crippen LogP contribution in [0.2, 0.25) is 0 Å². The molecule has 3 rings (SSSR count). The molecular weight excluding hydrogens is 228 g/mol. The van der Waals surface area contributed by atoms with Crippen LogP contribution in [0, 0.1) is 0 Å². The van der Waals surface area contributed by atoms with Crippen molar-refractivity contribution < 1.29 is 9.26 Å². The molecule has 0 aliphatic carbocycles. The van der Waals surface area contributed by atoms with Crippen LogP contribution in [0.5, 0.6) is 5.75 Å². The van der Waals surface area contributed by atoms with Crippen molar-refractivity contribution in [2.45, 2.75) is 25.7 Å². The van der Waals surface area contributed by atoms with Gasteiger partial charge >= 0.3 is 0 Å². The Labute approximate surface area is 106 Å². The Hall–Kier alpha value is -1.55. The lowest BCUT2D eigenvalue weighted by atomic mass is 9.92. The van der Waals surface area contributed by atoms with Crippen LogP contribution < -0.4 is 10.1 Å². The predicted octanol–water partition coefficient (Wildman–Crippen LogP) is 2.69. The van der Waals surface area contributed by atoms with Crippen LogP contribution in [-0.2, 0) is 0 Å². The summed E-state index contributed by atoms with van der Waals surface area (Å²) in [6.45, 7) is 4.79. The van der Waals surface area contributed by atoms with E-state index >= 15 is 0 Å². The molecule has 1 aliphatic heterocycles. The van der Waals surface area contributed by atoms with Crippen molar-refractivity contribution in [3.63, 3.8) is 0 Å². The van der Waals surface area contributed by atoms with Gasteiger partial charge in [-0.2, -0.15) is 0 Å². The van der Waals surface area contributed by atoms with Crippen LogP contribution >= 0.6 is 0 Å². The maximum absolute atomic E-state index is 5.54. The lowest BCUT2D eigenvalue weighted by molar-refractivity contribution is 0.340. The van der Waals surface area contributed by atoms with E-state index in [2.05, 4.69) is 10.5 Å². The molecule has 0 unspecified atom stereocenters. The van der Waals surface area contributed by atoms with Gasteiger partial charge in [0.25, 0.3) is 0 Å². The summed E-state index contributed by atoms with van der Waals surface area (Å²) < 4.78 is 11.0. The van der Waals surface area contributed by atoms with E-state index in [0.29, 0.717) is 12.5 Å². The molecule has 4 heteroatoms. The van der Waals surface area contributed by atoms with Crippen molar-refractivity contribution in [2.75, 3.05) is 19.7 Å². The van der Waals surface area contributed by atoms with Crippen molar-refractivity contribution >= 4 is 11.0 Å². The van der Waals surface area contributed by atoms with Gasteiger partial charge in [-0.25, -0.2) is 0 Å². The molecule has 1 aliphatic rings. The molecule has 0 amide bonds. The van der Waals surface area contributed by atoms with E-state index in [1.54, 1.807) is 0 Å². The number of hydrogen-bond donors (Lipinski definition) is 1. The van der Waals surface area contributed by atoms with Gasteiger partial charge in [-0.1, -0.05) is 5.16 Å². The summed E-state index contributed by atoms with van der Waals surface area (Å²) in [7, 11) is 0. The van der Waals surface area contributed by atoms with E-state index in [0.717, 1.165) is 48.3 Å². The summed E-state index contributed by atoms with van der Waals surface area (Å²) in [5, 5.41) is 8.74. The molecule has 1 aromatic carbocycles. The monoisotopic (exact) mass is 246 g/mol. The molecule has 96 valence electrons. The number of hydrogen-bond acceptors (Lipinski definition) is 4. The van der Waals surface area contributed by atoms with Gasteiger partial charge < -0.3 is 14.6 Å². The number of ether oxygens (including phenoxy) is 1. The quantitative estimate of drug-likeness (QED) is 0.904. The van der Waals surface area contributed by atoms with Crippen LogP contribution in [0.3, 0.4) is 0 Å². The molecule has 1 aromatic heterocycles. The molecule has 18 heavy (non-hydrogen) atoms. The summed E-state index contributed by atoms with van der Waals surface area (Å²) in [6, 6.07) is 5.92. The summed E-state index contributed by atoms with van der Waals surface area (Å²) in [6.07, 6.45) is 2.25. The van der Waals surface area contributed by atoms with Crippen LogP contribution in [-0.4, -0.2) is 24.9 Å². The first-order valence-corrected chi connectivity index (χ1v) is 6.61. The Morgan fingerprint density at radius 1 is 1.39 bits per heavy atom. The molecule has 2 aromatic rings. The van der Waals surface area contributed by atoms with E-state index in [-0.39, 0.29) is 0 Å². The average Bonchev–Trinajstić information content (AvgIpc) is 2.83. The highest BCUT2D eigenvalue weighted by Gasteiger charge is 2.21. The van der Waals surface area contributed by atoms with E-state index in [1.807, 2.05) is 25.1 Å². The van der Waals surface area contributed by atoms with Gasteiger partial charge in [-0.3, -0.25) is 0 Å². The van der Waals surface area contributed by atoms with E-state index in [1.165, 1.54) is 0 Å². The predicted molar refractivity (Wildman–Crippen MR) is 70.0 cm³/mol. The summed E-state index contributed by atoms with van der Waals surface area (Å²) in [5.74, 6) is 1.40. The lowest BCUT2D eigenvalue weighted by Crippen LogP contribution is -2.26. The first-order chi connectivity index (χ1) is 8.88. The zero-order valence-electron chi connectivity index (χ0n) is 10.6. The molecule has 1 fully saturated rings. The Morgan fingerprint density at radius 3 is 3.00 bits per heavy atom. The van der Waals surface area contributed by atoms with Gasteiger partial charge in [0.05, 0.1) is 12.3 Å². The van der Waals surface area contributed by atoms with Crippen LogP contribution in [0.1, 0.15) is 31.4 Å². The van der Waals surface area contributed by atoms with Gasteiger partial charge in [0.2, 0.25) is 0 Å². The second-order valence-electron chi connectivity index (χ2n) is 4.68. The number of nitrogens with one attached hydrogen (secondary N) is 1. The largest absolute Gasteiger partial charge is 0.494 e. The Kier molecular flexibility index (Phi) is 3.19. The smallest absolute Gasteiger partial charge is 0.167 e. The molecule has 0 spiro atoms. The maximum atomic E-state index is 5.54. The molecule has 0 radical (unpaired) electrons. The second kappa shape index (κ2) is 4.98. The third kappa shape index (κ3) is 2.08. The summed E-state index contributed by atoms with van der Waals surface area (Å²) in [4.78, 5) is 0. The van der Waals surface area contributed by atoms with Gasteiger partial charge in [-0.05, 0) is 51.1 Å². The Morgan fingerprint density at radius 2 is 2.22 bits per heavy atom. The minimum atomic E-state index is 0.504. The number of aromatic nitrogens is 1. The van der Waals surface area contributed by atoms with E-state index in [9.17, 15) is 0 Å². The summed E-state index contributed by atoms with van der Waals surface area (Å²) >= 11 is 0. The average molecular weight is 246 g/mol. The maximum Gasteiger partial charge on any atom is 0.167 e. The Bertz CT molecular complexity index is 530. The highest BCUT2D eigenvalue weighted by molar-refractivity contribution is 5.81. The molecule has 4 nitrogen and oxygen atoms in total. The Balaban J connectivity index is 1.97. The normalized spacial score (nSPS) is 17.2. The van der Waals surface area contributed by atoms with Crippen molar-refractivity contribution in [1.82, 2.24) is 10.5 Å². The number of rotatable bonds is 3. The topological polar surface area (TPSA) is 47.3 Å². The molecule has 0 saturated carbocycles. The van der Waals surface area contributed by atoms with Crippen molar-refractivity contribution in [2.24, 2.45) is 0 Å². The molecule has 2 heterocycles. The van der Waals surface area contributed by atoms with Gasteiger partial charge in [0, 0.05) is 11.3 Å². The van der Waals surface area contributed by atoms with Gasteiger partial charge in [0.1, 0.15) is 5.75 Å². The zero-order chi connectivity index (χ0) is 12.4. The van der Waals surface area contributed by atoms with Gasteiger partial charge in [-0.15, -0.1) is 0 Å². The molecule has 0 bridgehead atoms. The first kappa shape index (κ1) is 11.5. The van der Waals surface area contributed by atoms with Crippen molar-refractivity contribution in [3.05, 3.63) is 23.9 Å².